The van der Waals surface area contributed by atoms with Crippen LogP contribution in [0.5, 0.6) is 0 Å². The Kier molecular flexibility index (Phi) is 37.7. The topological polar surface area (TPSA) is 161 Å². The number of aliphatic carboxylic acids is 4. The average Bonchev–Trinajstić information content (AvgIpc) is 2.85. The zero-order valence-electron chi connectivity index (χ0n) is 33.8. The van der Waals surface area contributed by atoms with E-state index >= 15 is 0 Å². The van der Waals surface area contributed by atoms with Crippen molar-refractivity contribution in [3.63, 3.8) is 0 Å². The fourth-order valence-corrected chi connectivity index (χ4v) is 4.41. The Balaban J connectivity index is -0.000000174. The fourth-order valence-electron chi connectivity index (χ4n) is 4.41. The van der Waals surface area contributed by atoms with Crippen molar-refractivity contribution in [2.75, 3.05) is 0 Å². The largest absolute Gasteiger partial charge is 4.00 e. The number of carboxylic acids is 4. The predicted molar refractivity (Wildman–Crippen MR) is 190 cm³/mol. The monoisotopic (exact) mass is 782 g/mol. The number of carbonyl (C=O) groups is 4. The molecule has 0 aliphatic rings. The number of unbranched alkanes of at least 4 members (excludes halogenated alkanes) is 8. The Hall–Kier alpha value is -1.43. The molecule has 0 atom stereocenters. The molecule has 0 rings (SSSR count). The third-order valence-electron chi connectivity index (χ3n) is 7.23. The Morgan fingerprint density at radius 1 is 0.306 bits per heavy atom. The minimum absolute atomic E-state index is 0. The van der Waals surface area contributed by atoms with Crippen LogP contribution >= 0.6 is 0 Å². The van der Waals surface area contributed by atoms with Gasteiger partial charge in [0.05, 0.1) is 0 Å². The van der Waals surface area contributed by atoms with E-state index in [1.54, 1.807) is 0 Å². The number of hydrogen-bond acceptors (Lipinski definition) is 8. The standard InChI is InChI=1S/4C10H20O2.Mo/c4*1-10(2,3)8-6-4-5-7-9(11)12;/h4*4-8H2,1-3H3,(H,11,12);/q;;;;+4/p-4. The molecule has 0 fully saturated rings. The smallest absolute Gasteiger partial charge is 0.550 e. The van der Waals surface area contributed by atoms with E-state index in [1.165, 1.54) is 25.7 Å². The second-order valence-corrected chi connectivity index (χ2v) is 18.0. The predicted octanol–water partition coefficient (Wildman–Crippen LogP) is 6.93. The molecule has 290 valence electrons. The molecule has 8 nitrogen and oxygen atoms in total. The van der Waals surface area contributed by atoms with Gasteiger partial charge in [-0.1, -0.05) is 134 Å². The summed E-state index contributed by atoms with van der Waals surface area (Å²) in [6, 6.07) is 0. The Morgan fingerprint density at radius 2 is 0.449 bits per heavy atom. The third-order valence-corrected chi connectivity index (χ3v) is 7.23. The molecule has 0 aromatic heterocycles. The van der Waals surface area contributed by atoms with Gasteiger partial charge in [0.2, 0.25) is 0 Å². The van der Waals surface area contributed by atoms with Gasteiger partial charge >= 0.3 is 21.1 Å². The zero-order valence-corrected chi connectivity index (χ0v) is 35.8. The SMILES string of the molecule is CC(C)(C)CCCCCC(=O)[O-].CC(C)(C)CCCCCC(=O)[O-].CC(C)(C)CCCCCC(=O)[O-].CC(C)(C)CCCCCC(=O)[O-].[Mo+4]. The number of hydrogen-bond donors (Lipinski definition) is 0. The van der Waals surface area contributed by atoms with Crippen LogP contribution in [0.15, 0.2) is 0 Å². The minimum Gasteiger partial charge on any atom is -0.550 e. The van der Waals surface area contributed by atoms with Gasteiger partial charge in [-0.15, -0.1) is 0 Å². The van der Waals surface area contributed by atoms with Crippen LogP contribution in [0.3, 0.4) is 0 Å². The third kappa shape index (κ3) is 77.4. The van der Waals surface area contributed by atoms with Gasteiger partial charge in [0.15, 0.2) is 0 Å². The zero-order chi connectivity index (χ0) is 38.5. The molecule has 0 heterocycles. The van der Waals surface area contributed by atoms with Crippen molar-refractivity contribution in [3.05, 3.63) is 0 Å². The van der Waals surface area contributed by atoms with E-state index in [1.807, 2.05) is 0 Å². The summed E-state index contributed by atoms with van der Waals surface area (Å²) in [7, 11) is 0. The Labute approximate surface area is 316 Å². The van der Waals surface area contributed by atoms with Crippen LogP contribution in [0.2, 0.25) is 0 Å². The van der Waals surface area contributed by atoms with Crippen LogP contribution in [0.25, 0.3) is 0 Å². The van der Waals surface area contributed by atoms with Crippen LogP contribution in [0.4, 0.5) is 0 Å². The van der Waals surface area contributed by atoms with Crippen molar-refractivity contribution in [2.24, 2.45) is 21.7 Å². The first-order valence-electron chi connectivity index (χ1n) is 18.5. The van der Waals surface area contributed by atoms with Gasteiger partial charge in [0, 0.05) is 23.9 Å². The summed E-state index contributed by atoms with van der Waals surface area (Å²) in [4.78, 5) is 40.2. The summed E-state index contributed by atoms with van der Waals surface area (Å²) in [6.07, 6.45) is 17.1. The molecular formula is C40H76MoO8. The summed E-state index contributed by atoms with van der Waals surface area (Å²) in [5.41, 5.74) is 1.51. The van der Waals surface area contributed by atoms with Crippen LogP contribution in [0.1, 0.15) is 212 Å². The molecule has 0 aliphatic heterocycles. The molecule has 0 aliphatic carbocycles. The van der Waals surface area contributed by atoms with Crippen molar-refractivity contribution in [1.82, 2.24) is 0 Å². The van der Waals surface area contributed by atoms with E-state index in [2.05, 4.69) is 83.1 Å². The van der Waals surface area contributed by atoms with E-state index in [-0.39, 0.29) is 46.7 Å². The second kappa shape index (κ2) is 32.5. The molecular weight excluding hydrogens is 704 g/mol. The molecule has 49 heavy (non-hydrogen) atoms. The van der Waals surface area contributed by atoms with Crippen LogP contribution in [-0.2, 0) is 40.2 Å². The number of rotatable bonds is 20. The average molecular weight is 781 g/mol. The maximum atomic E-state index is 10.0. The van der Waals surface area contributed by atoms with Crippen LogP contribution < -0.4 is 20.4 Å². The molecule has 0 spiro atoms. The maximum Gasteiger partial charge on any atom is 4.00 e. The van der Waals surface area contributed by atoms with E-state index in [4.69, 9.17) is 0 Å². The molecule has 0 amide bonds. The van der Waals surface area contributed by atoms with Crippen molar-refractivity contribution >= 4 is 23.9 Å². The van der Waals surface area contributed by atoms with Crippen LogP contribution in [-0.4, -0.2) is 23.9 Å². The molecule has 0 saturated heterocycles. The van der Waals surface area contributed by atoms with E-state index in [9.17, 15) is 39.6 Å². The second-order valence-electron chi connectivity index (χ2n) is 18.0. The molecule has 0 N–H and O–H groups in total. The summed E-state index contributed by atoms with van der Waals surface area (Å²) >= 11 is 0. The molecule has 0 aromatic carbocycles. The van der Waals surface area contributed by atoms with Gasteiger partial charge in [-0.25, -0.2) is 0 Å². The first-order valence-corrected chi connectivity index (χ1v) is 18.5. The van der Waals surface area contributed by atoms with Gasteiger partial charge in [0.1, 0.15) is 0 Å². The first-order chi connectivity index (χ1) is 21.7. The van der Waals surface area contributed by atoms with Gasteiger partial charge in [-0.05, 0) is 98.7 Å². The van der Waals surface area contributed by atoms with E-state index in [0.717, 1.165) is 77.0 Å². The maximum absolute atomic E-state index is 10.0. The van der Waals surface area contributed by atoms with Gasteiger partial charge in [-0.3, -0.25) is 0 Å². The number of carboxylic acid groups (broad SMARTS) is 4. The summed E-state index contributed by atoms with van der Waals surface area (Å²) in [5.74, 6) is -3.70. The molecule has 0 unspecified atom stereocenters. The quantitative estimate of drug-likeness (QED) is 0.0950. The molecule has 0 saturated carbocycles. The molecule has 0 bridgehead atoms. The summed E-state index contributed by atoms with van der Waals surface area (Å²) in [6.45, 7) is 26.4. The van der Waals surface area contributed by atoms with Gasteiger partial charge in [-0.2, -0.15) is 0 Å². The first kappa shape index (κ1) is 56.9. The minimum atomic E-state index is -0.925. The Bertz CT molecular complexity index is 676. The summed E-state index contributed by atoms with van der Waals surface area (Å²) < 4.78 is 0. The van der Waals surface area contributed by atoms with E-state index < -0.39 is 23.9 Å². The van der Waals surface area contributed by atoms with Crippen molar-refractivity contribution in [3.8, 4) is 0 Å². The Morgan fingerprint density at radius 3 is 0.551 bits per heavy atom. The number of carbonyl (C=O) groups excluding carboxylic acids is 4. The van der Waals surface area contributed by atoms with E-state index in [0.29, 0.717) is 21.7 Å². The fraction of sp³-hybridized carbons (Fsp3) is 0.900. The molecule has 0 aromatic rings. The molecule has 9 heteroatoms. The van der Waals surface area contributed by atoms with Gasteiger partial charge < -0.3 is 39.6 Å². The van der Waals surface area contributed by atoms with Crippen molar-refractivity contribution < 1.29 is 60.7 Å². The van der Waals surface area contributed by atoms with Gasteiger partial charge in [0.25, 0.3) is 0 Å². The normalized spacial score (nSPS) is 11.3. The molecule has 0 radical (unpaired) electrons. The summed E-state index contributed by atoms with van der Waals surface area (Å²) in [5, 5.41) is 40.2. The van der Waals surface area contributed by atoms with Crippen molar-refractivity contribution in [2.45, 2.75) is 212 Å². The van der Waals surface area contributed by atoms with Crippen LogP contribution in [0, 0.1) is 21.7 Å². The van der Waals surface area contributed by atoms with Crippen molar-refractivity contribution in [1.29, 1.82) is 0 Å².